The van der Waals surface area contributed by atoms with Crippen molar-refractivity contribution in [2.75, 3.05) is 5.32 Å². The third-order valence-electron chi connectivity index (χ3n) is 5.01. The highest BCUT2D eigenvalue weighted by Gasteiger charge is 2.37. The molecule has 0 aliphatic carbocycles. The number of benzene rings is 2. The smallest absolute Gasteiger partial charge is 0.348 e. The molecule has 3 aromatic rings. The van der Waals surface area contributed by atoms with Gasteiger partial charge in [-0.1, -0.05) is 44.2 Å². The minimum atomic E-state index is -4.71. The molecular formula is C23H22F3N3O2. The number of nitrogens with one attached hydrogen (secondary N) is 2. The summed E-state index contributed by atoms with van der Waals surface area (Å²) in [7, 11) is 0. The molecule has 5 nitrogen and oxygen atoms in total. The van der Waals surface area contributed by atoms with Crippen LogP contribution in [-0.2, 0) is 17.5 Å². The highest BCUT2D eigenvalue weighted by molar-refractivity contribution is 6.00. The molecule has 1 aromatic heterocycles. The molecule has 31 heavy (non-hydrogen) atoms. The van der Waals surface area contributed by atoms with Gasteiger partial charge in [-0.25, -0.2) is 0 Å². The largest absolute Gasteiger partial charge is 0.417 e. The quantitative estimate of drug-likeness (QED) is 0.568. The van der Waals surface area contributed by atoms with Crippen LogP contribution in [0.15, 0.2) is 54.7 Å². The van der Waals surface area contributed by atoms with Crippen LogP contribution in [0.4, 0.5) is 18.9 Å². The summed E-state index contributed by atoms with van der Waals surface area (Å²) in [5.74, 6) is -1.15. The number of hydrogen-bond donors (Lipinski definition) is 2. The summed E-state index contributed by atoms with van der Waals surface area (Å²) in [5.41, 5.74) is -0.188. The minimum absolute atomic E-state index is 0.00397. The Morgan fingerprint density at radius 3 is 2.55 bits per heavy atom. The molecule has 0 fully saturated rings. The van der Waals surface area contributed by atoms with Gasteiger partial charge in [0.25, 0.3) is 5.91 Å². The van der Waals surface area contributed by atoms with Crippen LogP contribution in [0, 0.1) is 5.92 Å². The van der Waals surface area contributed by atoms with Crippen LogP contribution in [0.25, 0.3) is 10.9 Å². The van der Waals surface area contributed by atoms with E-state index in [1.165, 1.54) is 18.2 Å². The molecule has 0 saturated heterocycles. The summed E-state index contributed by atoms with van der Waals surface area (Å²) >= 11 is 0. The summed E-state index contributed by atoms with van der Waals surface area (Å²) in [4.78, 5) is 28.6. The van der Waals surface area contributed by atoms with Crippen LogP contribution in [0.5, 0.6) is 0 Å². The summed E-state index contributed by atoms with van der Waals surface area (Å²) in [6, 6.07) is 12.6. The van der Waals surface area contributed by atoms with E-state index in [2.05, 4.69) is 15.6 Å². The Morgan fingerprint density at radius 1 is 1.10 bits per heavy atom. The zero-order valence-corrected chi connectivity index (χ0v) is 17.1. The van der Waals surface area contributed by atoms with Gasteiger partial charge in [0.1, 0.15) is 0 Å². The van der Waals surface area contributed by atoms with E-state index < -0.39 is 23.2 Å². The first kappa shape index (κ1) is 22.3. The lowest BCUT2D eigenvalue weighted by Gasteiger charge is -2.15. The molecule has 0 radical (unpaired) electrons. The number of anilines is 1. The fourth-order valence-electron chi connectivity index (χ4n) is 3.11. The van der Waals surface area contributed by atoms with Gasteiger partial charge in [0.15, 0.2) is 0 Å². The van der Waals surface area contributed by atoms with Crippen molar-refractivity contribution in [1.29, 1.82) is 0 Å². The third-order valence-corrected chi connectivity index (χ3v) is 5.01. The van der Waals surface area contributed by atoms with Gasteiger partial charge >= 0.3 is 6.18 Å². The fourth-order valence-corrected chi connectivity index (χ4v) is 3.11. The number of para-hydroxylation sites is 1. The highest BCUT2D eigenvalue weighted by Crippen LogP contribution is 2.36. The third kappa shape index (κ3) is 5.20. The molecule has 1 atom stereocenters. The minimum Gasteiger partial charge on any atom is -0.348 e. The molecular weight excluding hydrogens is 407 g/mol. The lowest BCUT2D eigenvalue weighted by Crippen LogP contribution is -2.26. The van der Waals surface area contributed by atoms with E-state index in [1.807, 2.05) is 13.8 Å². The number of nitrogens with zero attached hydrogens (tertiary/aromatic N) is 1. The van der Waals surface area contributed by atoms with Crippen molar-refractivity contribution < 1.29 is 22.8 Å². The van der Waals surface area contributed by atoms with Gasteiger partial charge in [0, 0.05) is 29.7 Å². The van der Waals surface area contributed by atoms with Crippen molar-refractivity contribution in [2.24, 2.45) is 5.92 Å². The van der Waals surface area contributed by atoms with Crippen LogP contribution in [0.2, 0.25) is 0 Å². The molecule has 0 spiro atoms. The van der Waals surface area contributed by atoms with E-state index in [4.69, 9.17) is 0 Å². The lowest BCUT2D eigenvalue weighted by atomic mass is 10.0. The summed E-state index contributed by atoms with van der Waals surface area (Å²) in [6.45, 7) is 3.72. The van der Waals surface area contributed by atoms with Gasteiger partial charge < -0.3 is 10.6 Å². The van der Waals surface area contributed by atoms with E-state index >= 15 is 0 Å². The van der Waals surface area contributed by atoms with Crippen molar-refractivity contribution in [1.82, 2.24) is 10.3 Å². The normalized spacial score (nSPS) is 12.4. The standard InChI is InChI=1S/C23H22F3N3O2/c1-3-14(2)21(30)29-16-8-6-7-15(11-16)12-28-22(31)18-13-27-19-10-5-4-9-17(19)20(18)23(24,25)26/h4-11,13-14H,3,12H2,1-2H3,(H,28,31)(H,29,30). The predicted molar refractivity (Wildman–Crippen MR) is 112 cm³/mol. The maximum atomic E-state index is 13.7. The molecule has 1 unspecified atom stereocenters. The molecule has 0 aliphatic heterocycles. The Labute approximate surface area is 177 Å². The van der Waals surface area contributed by atoms with Crippen LogP contribution in [-0.4, -0.2) is 16.8 Å². The molecule has 2 N–H and O–H groups in total. The van der Waals surface area contributed by atoms with E-state index in [1.54, 1.807) is 30.3 Å². The first-order valence-corrected chi connectivity index (χ1v) is 9.83. The van der Waals surface area contributed by atoms with Crippen molar-refractivity contribution in [3.8, 4) is 0 Å². The SMILES string of the molecule is CCC(C)C(=O)Nc1cccc(CNC(=O)c2cnc3ccccc3c2C(F)(F)F)c1. The lowest BCUT2D eigenvalue weighted by molar-refractivity contribution is -0.136. The Morgan fingerprint density at radius 2 is 1.84 bits per heavy atom. The average molecular weight is 429 g/mol. The van der Waals surface area contributed by atoms with Crippen LogP contribution in [0.3, 0.4) is 0 Å². The second-order valence-electron chi connectivity index (χ2n) is 7.24. The second-order valence-corrected chi connectivity index (χ2v) is 7.24. The van der Waals surface area contributed by atoms with Gasteiger partial charge in [-0.15, -0.1) is 0 Å². The monoisotopic (exact) mass is 429 g/mol. The first-order chi connectivity index (χ1) is 14.7. The molecule has 0 bridgehead atoms. The van der Waals surface area contributed by atoms with Crippen LogP contribution in [0.1, 0.15) is 41.8 Å². The molecule has 1 heterocycles. The van der Waals surface area contributed by atoms with Gasteiger partial charge in [-0.2, -0.15) is 13.2 Å². The number of hydrogen-bond acceptors (Lipinski definition) is 3. The number of amides is 2. The number of halogens is 3. The molecule has 2 aromatic carbocycles. The predicted octanol–water partition coefficient (Wildman–Crippen LogP) is 5.17. The van der Waals surface area contributed by atoms with Crippen molar-refractivity contribution in [3.63, 3.8) is 0 Å². The van der Waals surface area contributed by atoms with Crippen molar-refractivity contribution >= 4 is 28.4 Å². The number of carbonyl (C=O) groups is 2. The van der Waals surface area contributed by atoms with Gasteiger partial charge in [0.05, 0.1) is 16.6 Å². The van der Waals surface area contributed by atoms with Crippen LogP contribution >= 0.6 is 0 Å². The van der Waals surface area contributed by atoms with E-state index in [0.717, 1.165) is 6.20 Å². The zero-order valence-electron chi connectivity index (χ0n) is 17.1. The number of aromatic nitrogens is 1. The number of fused-ring (bicyclic) bond motifs is 1. The molecule has 8 heteroatoms. The number of rotatable bonds is 6. The number of pyridine rings is 1. The van der Waals surface area contributed by atoms with E-state index in [-0.39, 0.29) is 29.3 Å². The van der Waals surface area contributed by atoms with E-state index in [9.17, 15) is 22.8 Å². The Kier molecular flexibility index (Phi) is 6.58. The number of carbonyl (C=O) groups excluding carboxylic acids is 2. The maximum Gasteiger partial charge on any atom is 0.417 e. The second kappa shape index (κ2) is 9.16. The Bertz CT molecular complexity index is 1110. The molecule has 162 valence electrons. The molecule has 2 amide bonds. The Balaban J connectivity index is 1.80. The van der Waals surface area contributed by atoms with Gasteiger partial charge in [0.2, 0.25) is 5.91 Å². The maximum absolute atomic E-state index is 13.7. The van der Waals surface area contributed by atoms with Crippen molar-refractivity contribution in [2.45, 2.75) is 33.0 Å². The van der Waals surface area contributed by atoms with Gasteiger partial charge in [-0.3, -0.25) is 14.6 Å². The fraction of sp³-hybridized carbons (Fsp3) is 0.261. The van der Waals surface area contributed by atoms with Gasteiger partial charge in [-0.05, 0) is 30.2 Å². The topological polar surface area (TPSA) is 71.1 Å². The zero-order chi connectivity index (χ0) is 22.6. The molecule has 0 aliphatic rings. The van der Waals surface area contributed by atoms with E-state index in [0.29, 0.717) is 17.7 Å². The average Bonchev–Trinajstić information content (AvgIpc) is 2.75. The summed E-state index contributed by atoms with van der Waals surface area (Å²) in [6.07, 6.45) is -3.07. The first-order valence-electron chi connectivity index (χ1n) is 9.83. The summed E-state index contributed by atoms with van der Waals surface area (Å²) in [5, 5.41) is 5.18. The van der Waals surface area contributed by atoms with Crippen molar-refractivity contribution in [3.05, 3.63) is 71.4 Å². The number of alkyl halides is 3. The highest BCUT2D eigenvalue weighted by atomic mass is 19.4. The summed E-state index contributed by atoms with van der Waals surface area (Å²) < 4.78 is 41.2. The Hall–Kier alpha value is -3.42. The molecule has 3 rings (SSSR count). The van der Waals surface area contributed by atoms with Crippen LogP contribution < -0.4 is 10.6 Å². The molecule has 0 saturated carbocycles.